The van der Waals surface area contributed by atoms with Gasteiger partial charge in [0.05, 0.1) is 18.5 Å². The summed E-state index contributed by atoms with van der Waals surface area (Å²) in [6.07, 6.45) is 0.643. The molecule has 2 aromatic heterocycles. The Balaban J connectivity index is 0.00000562. The van der Waals surface area contributed by atoms with E-state index in [-0.39, 0.29) is 48.5 Å². The lowest BCUT2D eigenvalue weighted by Gasteiger charge is -2.21. The number of ether oxygens (including phenoxy) is 1. The van der Waals surface area contributed by atoms with Gasteiger partial charge in [0.2, 0.25) is 11.3 Å². The number of fused-ring (bicyclic) bond motifs is 1. The molecule has 5 aromatic rings. The monoisotopic (exact) mass is 721 g/mol. The van der Waals surface area contributed by atoms with Crippen molar-refractivity contribution >= 4 is 51.5 Å². The Hall–Kier alpha value is -4.38. The van der Waals surface area contributed by atoms with E-state index in [4.69, 9.17) is 4.74 Å². The lowest BCUT2D eigenvalue weighted by molar-refractivity contribution is -0.115. The number of pyridine rings is 1. The van der Waals surface area contributed by atoms with Crippen molar-refractivity contribution < 1.29 is 23.1 Å². The van der Waals surface area contributed by atoms with Gasteiger partial charge in [0.25, 0.3) is 0 Å². The molecule has 7 nitrogen and oxygen atoms in total. The zero-order valence-electron chi connectivity index (χ0n) is 28.8. The Bertz CT molecular complexity index is 2010. The van der Waals surface area contributed by atoms with Gasteiger partial charge in [0.15, 0.2) is 0 Å². The van der Waals surface area contributed by atoms with Crippen LogP contribution in [0, 0.1) is 17.6 Å². The number of benzene rings is 3. The molecule has 0 radical (unpaired) electrons. The molecule has 0 aliphatic rings. The summed E-state index contributed by atoms with van der Waals surface area (Å²) >= 11 is 1.35. The molecule has 264 valence electrons. The number of rotatable bonds is 13. The third kappa shape index (κ3) is 8.49. The van der Waals surface area contributed by atoms with Crippen molar-refractivity contribution in [2.24, 2.45) is 5.92 Å². The van der Waals surface area contributed by atoms with Crippen LogP contribution in [0.25, 0.3) is 20.7 Å². The summed E-state index contributed by atoms with van der Waals surface area (Å²) < 4.78 is 37.6. The molecule has 0 aliphatic heterocycles. The van der Waals surface area contributed by atoms with Crippen molar-refractivity contribution in [3.05, 3.63) is 123 Å². The van der Waals surface area contributed by atoms with Crippen LogP contribution in [0.15, 0.2) is 77.6 Å². The van der Waals surface area contributed by atoms with Crippen LogP contribution in [0.5, 0.6) is 0 Å². The second-order valence-electron chi connectivity index (χ2n) is 12.5. The fourth-order valence-corrected chi connectivity index (χ4v) is 7.31. The number of carbonyl (C=O) groups is 2. The Labute approximate surface area is 301 Å². The van der Waals surface area contributed by atoms with E-state index in [1.165, 1.54) is 29.5 Å². The molecule has 3 aromatic carbocycles. The van der Waals surface area contributed by atoms with Crippen LogP contribution in [-0.2, 0) is 35.6 Å². The molecule has 0 atom stereocenters. The second-order valence-corrected chi connectivity index (χ2v) is 13.5. The molecule has 1 amide bonds. The summed E-state index contributed by atoms with van der Waals surface area (Å²) in [5, 5.41) is 3.18. The van der Waals surface area contributed by atoms with Gasteiger partial charge >= 0.3 is 5.97 Å². The third-order valence-corrected chi connectivity index (χ3v) is 9.54. The molecular formula is C39H42ClF2N3O4S. The minimum Gasteiger partial charge on any atom is -0.462 e. The van der Waals surface area contributed by atoms with E-state index in [0.717, 1.165) is 16.0 Å². The van der Waals surface area contributed by atoms with Crippen LogP contribution in [0.1, 0.15) is 66.9 Å². The molecule has 0 spiro atoms. The first kappa shape index (κ1) is 38.4. The summed E-state index contributed by atoms with van der Waals surface area (Å²) in [6, 6.07) is 21.0. The molecule has 2 heterocycles. The van der Waals surface area contributed by atoms with Crippen LogP contribution < -0.4 is 10.7 Å². The third-order valence-electron chi connectivity index (χ3n) is 8.24. The molecule has 0 saturated heterocycles. The van der Waals surface area contributed by atoms with Crippen LogP contribution in [-0.4, -0.2) is 35.0 Å². The van der Waals surface area contributed by atoms with Gasteiger partial charge in [-0.25, -0.2) is 13.6 Å². The van der Waals surface area contributed by atoms with Gasteiger partial charge in [0, 0.05) is 41.3 Å². The highest BCUT2D eigenvalue weighted by molar-refractivity contribution is 7.22. The number of amides is 1. The number of esters is 1. The van der Waals surface area contributed by atoms with Gasteiger partial charge < -0.3 is 14.6 Å². The van der Waals surface area contributed by atoms with Gasteiger partial charge in [-0.15, -0.1) is 23.7 Å². The number of carbonyl (C=O) groups excluding carboxylic acids is 2. The molecule has 50 heavy (non-hydrogen) atoms. The van der Waals surface area contributed by atoms with Crippen LogP contribution >= 0.6 is 23.7 Å². The van der Waals surface area contributed by atoms with Gasteiger partial charge in [-0.2, -0.15) is 0 Å². The smallest absolute Gasteiger partial charge is 0.343 e. The molecule has 11 heteroatoms. The highest BCUT2D eigenvalue weighted by atomic mass is 35.5. The average molecular weight is 722 g/mol. The maximum atomic E-state index is 15.2. The lowest BCUT2D eigenvalue weighted by atomic mass is 9.98. The standard InChI is InChI=1S/C39H41F2N3O4S.ClH/c1-6-33(45)42-27-18-16-26(17-19-27)37-29(22-43(5)21-25-12-9-8-10-13-25)34-36(46)35(39(47)48-7-2)32(20-24(3)4)44(38(34)49-37)23-28-30(40)14-11-15-31(28)41;/h8-19,24H,6-7,20-23H2,1-5H3,(H,42,45);1H. The average Bonchev–Trinajstić information content (AvgIpc) is 3.43. The van der Waals surface area contributed by atoms with E-state index >= 15 is 8.78 Å². The number of thiophene rings is 1. The Morgan fingerprint density at radius 3 is 2.18 bits per heavy atom. The highest BCUT2D eigenvalue weighted by Gasteiger charge is 2.30. The topological polar surface area (TPSA) is 80.6 Å². The SMILES string of the molecule is CCOC(=O)c1c(CC(C)C)n(Cc2c(F)cccc2F)c2sc(-c3ccc(NC(=O)CC)cc3)c(CN(C)Cc3ccccc3)c2c1=O.Cl. The van der Waals surface area contributed by atoms with E-state index in [1.54, 1.807) is 30.5 Å². The van der Waals surface area contributed by atoms with E-state index in [2.05, 4.69) is 10.2 Å². The summed E-state index contributed by atoms with van der Waals surface area (Å²) in [7, 11) is 1.95. The maximum Gasteiger partial charge on any atom is 0.343 e. The number of hydrogen-bond acceptors (Lipinski definition) is 6. The van der Waals surface area contributed by atoms with Crippen molar-refractivity contribution in [2.45, 2.75) is 60.2 Å². The Kier molecular flexibility index (Phi) is 13.1. The van der Waals surface area contributed by atoms with Crippen LogP contribution in [0.2, 0.25) is 0 Å². The first-order chi connectivity index (χ1) is 23.5. The van der Waals surface area contributed by atoms with Crippen LogP contribution in [0.3, 0.4) is 0 Å². The number of nitrogens with one attached hydrogen (secondary N) is 1. The summed E-state index contributed by atoms with van der Waals surface area (Å²) in [6.45, 7) is 8.12. The predicted molar refractivity (Wildman–Crippen MR) is 199 cm³/mol. The van der Waals surface area contributed by atoms with Crippen molar-refractivity contribution in [3.63, 3.8) is 0 Å². The quantitative estimate of drug-likeness (QED) is 0.123. The molecule has 0 aliphatic carbocycles. The molecule has 5 rings (SSSR count). The zero-order valence-corrected chi connectivity index (χ0v) is 30.5. The number of anilines is 1. The highest BCUT2D eigenvalue weighted by Crippen LogP contribution is 2.40. The van der Waals surface area contributed by atoms with Gasteiger partial charge in [0.1, 0.15) is 22.0 Å². The van der Waals surface area contributed by atoms with Crippen molar-refractivity contribution in [3.8, 4) is 10.4 Å². The Morgan fingerprint density at radius 1 is 0.920 bits per heavy atom. The first-order valence-electron chi connectivity index (χ1n) is 16.5. The minimum atomic E-state index is -0.764. The van der Waals surface area contributed by atoms with Gasteiger partial charge in [-0.1, -0.05) is 69.3 Å². The molecule has 1 N–H and O–H groups in total. The molecular weight excluding hydrogens is 680 g/mol. The maximum absolute atomic E-state index is 15.2. The van der Waals surface area contributed by atoms with E-state index in [1.807, 2.05) is 63.4 Å². The first-order valence-corrected chi connectivity index (χ1v) is 17.3. The molecule has 0 bridgehead atoms. The molecule has 0 saturated carbocycles. The normalized spacial score (nSPS) is 11.2. The van der Waals surface area contributed by atoms with Crippen molar-refractivity contribution in [2.75, 3.05) is 19.0 Å². The number of halogens is 3. The van der Waals surface area contributed by atoms with E-state index in [9.17, 15) is 14.4 Å². The van der Waals surface area contributed by atoms with Crippen molar-refractivity contribution in [1.29, 1.82) is 0 Å². The molecule has 0 fully saturated rings. The fourth-order valence-electron chi connectivity index (χ4n) is 5.97. The van der Waals surface area contributed by atoms with Gasteiger partial charge in [-0.05, 0) is 67.3 Å². The number of hydrogen-bond donors (Lipinski definition) is 1. The predicted octanol–water partition coefficient (Wildman–Crippen LogP) is 8.83. The number of nitrogens with zero attached hydrogens (tertiary/aromatic N) is 2. The van der Waals surface area contributed by atoms with Gasteiger partial charge in [-0.3, -0.25) is 14.5 Å². The number of aromatic nitrogens is 1. The summed E-state index contributed by atoms with van der Waals surface area (Å²) in [4.78, 5) is 43.7. The zero-order chi connectivity index (χ0) is 35.2. The largest absolute Gasteiger partial charge is 0.462 e. The fraction of sp³-hybridized carbons (Fsp3) is 0.308. The Morgan fingerprint density at radius 2 is 1.58 bits per heavy atom. The summed E-state index contributed by atoms with van der Waals surface area (Å²) in [5.41, 5.74) is 2.84. The summed E-state index contributed by atoms with van der Waals surface area (Å²) in [5.74, 6) is -2.31. The van der Waals surface area contributed by atoms with E-state index < -0.39 is 23.0 Å². The van der Waals surface area contributed by atoms with E-state index in [0.29, 0.717) is 53.1 Å². The second kappa shape index (κ2) is 17.0. The lowest BCUT2D eigenvalue weighted by Crippen LogP contribution is -2.28. The molecule has 0 unspecified atom stereocenters. The minimum absolute atomic E-state index is 0. The van der Waals surface area contributed by atoms with Crippen molar-refractivity contribution in [1.82, 2.24) is 9.47 Å². The van der Waals surface area contributed by atoms with Crippen LogP contribution in [0.4, 0.5) is 14.5 Å².